The SMILES string of the molecule is Nc1cc(N2CCN(c3ccccn3)CC2)ccc1F. The maximum Gasteiger partial charge on any atom is 0.146 e. The predicted molar refractivity (Wildman–Crippen MR) is 79.5 cm³/mol. The van der Waals surface area contributed by atoms with Crippen molar-refractivity contribution in [3.05, 3.63) is 48.4 Å². The number of nitrogens with two attached hydrogens (primary N) is 1. The summed E-state index contributed by atoms with van der Waals surface area (Å²) in [5.74, 6) is 0.645. The molecule has 2 N–H and O–H groups in total. The maximum atomic E-state index is 13.2. The minimum atomic E-state index is -0.360. The van der Waals surface area contributed by atoms with E-state index in [-0.39, 0.29) is 11.5 Å². The van der Waals surface area contributed by atoms with E-state index >= 15 is 0 Å². The van der Waals surface area contributed by atoms with Crippen molar-refractivity contribution < 1.29 is 4.39 Å². The molecule has 0 aliphatic carbocycles. The summed E-state index contributed by atoms with van der Waals surface area (Å²) in [4.78, 5) is 8.83. The van der Waals surface area contributed by atoms with Crippen LogP contribution in [-0.4, -0.2) is 31.2 Å². The van der Waals surface area contributed by atoms with Crippen LogP contribution in [0.5, 0.6) is 0 Å². The van der Waals surface area contributed by atoms with E-state index in [4.69, 9.17) is 5.73 Å². The van der Waals surface area contributed by atoms with Gasteiger partial charge in [0.1, 0.15) is 11.6 Å². The second-order valence-corrected chi connectivity index (χ2v) is 4.87. The molecule has 4 nitrogen and oxygen atoms in total. The normalized spacial score (nSPS) is 15.4. The summed E-state index contributed by atoms with van der Waals surface area (Å²) in [5, 5.41) is 0. The summed E-state index contributed by atoms with van der Waals surface area (Å²) in [6, 6.07) is 10.8. The van der Waals surface area contributed by atoms with E-state index < -0.39 is 0 Å². The van der Waals surface area contributed by atoms with Gasteiger partial charge < -0.3 is 15.5 Å². The fourth-order valence-electron chi connectivity index (χ4n) is 2.46. The van der Waals surface area contributed by atoms with Gasteiger partial charge in [-0.25, -0.2) is 9.37 Å². The Morgan fingerprint density at radius 3 is 2.40 bits per heavy atom. The number of benzene rings is 1. The highest BCUT2D eigenvalue weighted by Gasteiger charge is 2.18. The molecule has 5 heteroatoms. The van der Waals surface area contributed by atoms with Crippen LogP contribution in [0.1, 0.15) is 0 Å². The van der Waals surface area contributed by atoms with E-state index in [2.05, 4.69) is 14.8 Å². The molecule has 3 rings (SSSR count). The Balaban J connectivity index is 1.68. The fraction of sp³-hybridized carbons (Fsp3) is 0.267. The van der Waals surface area contributed by atoms with Gasteiger partial charge in [-0.2, -0.15) is 0 Å². The molecule has 1 fully saturated rings. The highest BCUT2D eigenvalue weighted by atomic mass is 19.1. The van der Waals surface area contributed by atoms with E-state index in [9.17, 15) is 4.39 Å². The van der Waals surface area contributed by atoms with Crippen LogP contribution in [-0.2, 0) is 0 Å². The summed E-state index contributed by atoms with van der Waals surface area (Å²) in [6.45, 7) is 3.55. The molecule has 0 amide bonds. The zero-order valence-electron chi connectivity index (χ0n) is 11.2. The first-order valence-corrected chi connectivity index (χ1v) is 6.70. The molecule has 0 atom stereocenters. The molecule has 0 spiro atoms. The topological polar surface area (TPSA) is 45.4 Å². The molecule has 0 radical (unpaired) electrons. The number of hydrogen-bond acceptors (Lipinski definition) is 4. The fourth-order valence-corrected chi connectivity index (χ4v) is 2.46. The van der Waals surface area contributed by atoms with E-state index in [1.165, 1.54) is 6.07 Å². The summed E-state index contributed by atoms with van der Waals surface area (Å²) in [6.07, 6.45) is 1.81. The second-order valence-electron chi connectivity index (χ2n) is 4.87. The molecule has 0 bridgehead atoms. The summed E-state index contributed by atoms with van der Waals surface area (Å²) < 4.78 is 13.2. The number of anilines is 3. The summed E-state index contributed by atoms with van der Waals surface area (Å²) in [7, 11) is 0. The standard InChI is InChI=1S/C15H17FN4/c16-13-5-4-12(11-14(13)17)19-7-9-20(10-8-19)15-3-1-2-6-18-15/h1-6,11H,7-10,17H2. The van der Waals surface area contributed by atoms with Gasteiger partial charge in [-0.1, -0.05) is 6.07 Å². The molecule has 1 aliphatic rings. The number of halogens is 1. The molecule has 2 heterocycles. The lowest BCUT2D eigenvalue weighted by atomic mass is 10.2. The van der Waals surface area contributed by atoms with Gasteiger partial charge in [0.25, 0.3) is 0 Å². The third-order valence-electron chi connectivity index (χ3n) is 3.60. The van der Waals surface area contributed by atoms with Gasteiger partial charge in [-0.05, 0) is 30.3 Å². The zero-order valence-corrected chi connectivity index (χ0v) is 11.2. The highest BCUT2D eigenvalue weighted by molar-refractivity contribution is 5.57. The molecule has 1 saturated heterocycles. The van der Waals surface area contributed by atoms with Crippen molar-refractivity contribution in [2.24, 2.45) is 0 Å². The van der Waals surface area contributed by atoms with Crippen molar-refractivity contribution in [1.29, 1.82) is 0 Å². The zero-order chi connectivity index (χ0) is 13.9. The minimum Gasteiger partial charge on any atom is -0.396 e. The van der Waals surface area contributed by atoms with Gasteiger partial charge in [0.2, 0.25) is 0 Å². The average Bonchev–Trinajstić information content (AvgIpc) is 2.51. The van der Waals surface area contributed by atoms with Gasteiger partial charge in [-0.15, -0.1) is 0 Å². The van der Waals surface area contributed by atoms with Crippen LogP contribution in [0, 0.1) is 5.82 Å². The lowest BCUT2D eigenvalue weighted by Gasteiger charge is -2.36. The Kier molecular flexibility index (Phi) is 3.41. The lowest BCUT2D eigenvalue weighted by Crippen LogP contribution is -2.46. The number of nitrogens with zero attached hydrogens (tertiary/aromatic N) is 3. The average molecular weight is 272 g/mol. The van der Waals surface area contributed by atoms with Crippen LogP contribution in [0.4, 0.5) is 21.6 Å². The third-order valence-corrected chi connectivity index (χ3v) is 3.60. The number of nitrogen functional groups attached to an aromatic ring is 1. The Bertz CT molecular complexity index is 580. The Morgan fingerprint density at radius 2 is 1.75 bits per heavy atom. The number of aromatic nitrogens is 1. The van der Waals surface area contributed by atoms with Gasteiger partial charge in [0.15, 0.2) is 0 Å². The van der Waals surface area contributed by atoms with Gasteiger partial charge in [-0.3, -0.25) is 0 Å². The van der Waals surface area contributed by atoms with Crippen LogP contribution in [0.25, 0.3) is 0 Å². The van der Waals surface area contributed by atoms with Crippen LogP contribution in [0.3, 0.4) is 0 Å². The van der Waals surface area contributed by atoms with E-state index in [0.717, 1.165) is 37.7 Å². The lowest BCUT2D eigenvalue weighted by molar-refractivity contribution is 0.628. The first-order chi connectivity index (χ1) is 9.74. The summed E-state index contributed by atoms with van der Waals surface area (Å²) >= 11 is 0. The number of rotatable bonds is 2. The van der Waals surface area contributed by atoms with Gasteiger partial charge in [0.05, 0.1) is 5.69 Å². The number of piperazine rings is 1. The molecule has 20 heavy (non-hydrogen) atoms. The first kappa shape index (κ1) is 12.7. The summed E-state index contributed by atoms with van der Waals surface area (Å²) in [5.41, 5.74) is 6.80. The Hall–Kier alpha value is -2.30. The molecule has 0 saturated carbocycles. The molecule has 1 aliphatic heterocycles. The monoisotopic (exact) mass is 272 g/mol. The van der Waals surface area contributed by atoms with Crippen molar-refractivity contribution >= 4 is 17.2 Å². The van der Waals surface area contributed by atoms with Crippen molar-refractivity contribution in [3.8, 4) is 0 Å². The first-order valence-electron chi connectivity index (χ1n) is 6.70. The van der Waals surface area contributed by atoms with Crippen molar-refractivity contribution in [2.75, 3.05) is 41.7 Å². The third kappa shape index (κ3) is 2.52. The molecule has 2 aromatic rings. The van der Waals surface area contributed by atoms with Crippen molar-refractivity contribution in [1.82, 2.24) is 4.98 Å². The molecule has 104 valence electrons. The quantitative estimate of drug-likeness (QED) is 0.851. The van der Waals surface area contributed by atoms with Crippen molar-refractivity contribution in [2.45, 2.75) is 0 Å². The van der Waals surface area contributed by atoms with Crippen LogP contribution in [0.2, 0.25) is 0 Å². The maximum absolute atomic E-state index is 13.2. The Morgan fingerprint density at radius 1 is 1.00 bits per heavy atom. The van der Waals surface area contributed by atoms with E-state index in [1.807, 2.05) is 24.4 Å². The predicted octanol–water partition coefficient (Wildman–Crippen LogP) is 2.13. The number of pyridine rings is 1. The van der Waals surface area contributed by atoms with Crippen LogP contribution >= 0.6 is 0 Å². The van der Waals surface area contributed by atoms with Gasteiger partial charge in [0, 0.05) is 38.1 Å². The molecular formula is C15H17FN4. The molecular weight excluding hydrogens is 255 g/mol. The van der Waals surface area contributed by atoms with E-state index in [1.54, 1.807) is 12.1 Å². The smallest absolute Gasteiger partial charge is 0.146 e. The van der Waals surface area contributed by atoms with Crippen molar-refractivity contribution in [3.63, 3.8) is 0 Å². The largest absolute Gasteiger partial charge is 0.396 e. The van der Waals surface area contributed by atoms with E-state index in [0.29, 0.717) is 0 Å². The highest BCUT2D eigenvalue weighted by Crippen LogP contribution is 2.22. The minimum absolute atomic E-state index is 0.203. The second kappa shape index (κ2) is 5.36. The van der Waals surface area contributed by atoms with Crippen LogP contribution < -0.4 is 15.5 Å². The molecule has 0 unspecified atom stereocenters. The number of hydrogen-bond donors (Lipinski definition) is 1. The van der Waals surface area contributed by atoms with Gasteiger partial charge >= 0.3 is 0 Å². The molecule has 1 aromatic carbocycles. The molecule has 1 aromatic heterocycles. The Labute approximate surface area is 117 Å². The van der Waals surface area contributed by atoms with Crippen LogP contribution in [0.15, 0.2) is 42.6 Å².